The highest BCUT2D eigenvalue weighted by atomic mass is 16.6. The van der Waals surface area contributed by atoms with Crippen LogP contribution in [0.1, 0.15) is 58.3 Å². The second-order valence-corrected chi connectivity index (χ2v) is 4.34. The Morgan fingerprint density at radius 3 is 2.27 bits per heavy atom. The van der Waals surface area contributed by atoms with E-state index in [0.29, 0.717) is 0 Å². The van der Waals surface area contributed by atoms with Gasteiger partial charge in [-0.05, 0) is 6.42 Å². The summed E-state index contributed by atoms with van der Waals surface area (Å²) in [4.78, 5) is 10.5. The van der Waals surface area contributed by atoms with E-state index in [1.165, 1.54) is 38.5 Å². The maximum Gasteiger partial charge on any atom is 0.335 e. The van der Waals surface area contributed by atoms with Crippen LogP contribution in [0.3, 0.4) is 0 Å². The molecule has 2 atom stereocenters. The molecule has 3 heteroatoms. The summed E-state index contributed by atoms with van der Waals surface area (Å²) in [7, 11) is 0. The van der Waals surface area contributed by atoms with E-state index in [1.54, 1.807) is 0 Å². The number of hydrogen-bond acceptors (Lipinski definition) is 2. The molecule has 3 nitrogen and oxygen atoms in total. The Labute approximate surface area is 91.8 Å². The smallest absolute Gasteiger partial charge is 0.335 e. The van der Waals surface area contributed by atoms with Crippen molar-refractivity contribution in [2.45, 2.75) is 70.5 Å². The van der Waals surface area contributed by atoms with Gasteiger partial charge >= 0.3 is 5.97 Å². The quantitative estimate of drug-likeness (QED) is 0.474. The topological polar surface area (TPSA) is 49.8 Å². The molecule has 1 fully saturated rings. The molecule has 0 aromatic carbocycles. The summed E-state index contributed by atoms with van der Waals surface area (Å²) in [6.45, 7) is 2.22. The summed E-state index contributed by atoms with van der Waals surface area (Å²) in [5.41, 5.74) is 0. The van der Waals surface area contributed by atoms with Crippen molar-refractivity contribution in [1.82, 2.24) is 0 Å². The molecule has 88 valence electrons. The van der Waals surface area contributed by atoms with Gasteiger partial charge in [0.05, 0.1) is 6.10 Å². The highest BCUT2D eigenvalue weighted by Gasteiger charge is 2.44. The monoisotopic (exact) mass is 214 g/mol. The van der Waals surface area contributed by atoms with Gasteiger partial charge in [-0.2, -0.15) is 0 Å². The van der Waals surface area contributed by atoms with Gasteiger partial charge in [0.2, 0.25) is 0 Å². The average Bonchev–Trinajstić information content (AvgIpc) is 2.96. The van der Waals surface area contributed by atoms with Gasteiger partial charge in [-0.1, -0.05) is 51.9 Å². The van der Waals surface area contributed by atoms with Crippen LogP contribution in [0.5, 0.6) is 0 Å². The lowest BCUT2D eigenvalue weighted by Crippen LogP contribution is -2.07. The van der Waals surface area contributed by atoms with Crippen LogP contribution in [0.2, 0.25) is 0 Å². The molecule has 1 N–H and O–H groups in total. The van der Waals surface area contributed by atoms with Crippen molar-refractivity contribution in [2.24, 2.45) is 0 Å². The van der Waals surface area contributed by atoms with Crippen LogP contribution >= 0.6 is 0 Å². The van der Waals surface area contributed by atoms with Crippen LogP contribution in [0.15, 0.2) is 0 Å². The number of unbranched alkanes of at least 4 members (excludes halogenated alkanes) is 6. The molecule has 0 aliphatic carbocycles. The number of carboxylic acid groups (broad SMARTS) is 1. The van der Waals surface area contributed by atoms with E-state index < -0.39 is 12.1 Å². The van der Waals surface area contributed by atoms with Gasteiger partial charge in [0.1, 0.15) is 0 Å². The average molecular weight is 214 g/mol. The highest BCUT2D eigenvalue weighted by molar-refractivity contribution is 5.75. The largest absolute Gasteiger partial charge is 0.479 e. The predicted octanol–water partition coefficient (Wildman–Crippen LogP) is 2.98. The summed E-state index contributed by atoms with van der Waals surface area (Å²) in [6.07, 6.45) is 9.34. The molecule has 1 aliphatic heterocycles. The minimum Gasteiger partial charge on any atom is -0.479 e. The third-order valence-electron chi connectivity index (χ3n) is 2.92. The van der Waals surface area contributed by atoms with Crippen molar-refractivity contribution in [1.29, 1.82) is 0 Å². The molecular formula is C12H22O3. The normalized spacial score (nSPS) is 24.1. The first kappa shape index (κ1) is 12.5. The van der Waals surface area contributed by atoms with Gasteiger partial charge in [0, 0.05) is 0 Å². The zero-order valence-electron chi connectivity index (χ0n) is 9.58. The second kappa shape index (κ2) is 6.83. The molecule has 0 bridgehead atoms. The fourth-order valence-electron chi connectivity index (χ4n) is 1.88. The molecule has 1 aliphatic rings. The van der Waals surface area contributed by atoms with Crippen LogP contribution < -0.4 is 0 Å². The fraction of sp³-hybridized carbons (Fsp3) is 0.917. The maximum atomic E-state index is 10.5. The molecule has 0 unspecified atom stereocenters. The predicted molar refractivity (Wildman–Crippen MR) is 58.9 cm³/mol. The SMILES string of the molecule is CCCCCCCCC[C@H]1O[C@H]1C(=O)O. The minimum atomic E-state index is -0.803. The van der Waals surface area contributed by atoms with Gasteiger partial charge < -0.3 is 9.84 Å². The Hall–Kier alpha value is -0.570. The Morgan fingerprint density at radius 2 is 1.73 bits per heavy atom. The Balaban J connectivity index is 1.80. The van der Waals surface area contributed by atoms with Gasteiger partial charge in [0.25, 0.3) is 0 Å². The maximum absolute atomic E-state index is 10.5. The number of carbonyl (C=O) groups is 1. The van der Waals surface area contributed by atoms with Crippen LogP contribution in [0, 0.1) is 0 Å². The molecule has 0 saturated carbocycles. The van der Waals surface area contributed by atoms with Crippen molar-refractivity contribution in [3.05, 3.63) is 0 Å². The fourth-order valence-corrected chi connectivity index (χ4v) is 1.88. The van der Waals surface area contributed by atoms with Crippen molar-refractivity contribution in [3.8, 4) is 0 Å². The minimum absolute atomic E-state index is 0.0122. The molecule has 0 spiro atoms. The van der Waals surface area contributed by atoms with Gasteiger partial charge in [-0.15, -0.1) is 0 Å². The van der Waals surface area contributed by atoms with Gasteiger partial charge in [-0.25, -0.2) is 4.79 Å². The van der Waals surface area contributed by atoms with Crippen molar-refractivity contribution in [3.63, 3.8) is 0 Å². The summed E-state index contributed by atoms with van der Waals surface area (Å²) < 4.78 is 5.02. The van der Waals surface area contributed by atoms with E-state index in [2.05, 4.69) is 6.92 Å². The molecule has 0 amide bonds. The Kier molecular flexibility index (Phi) is 5.69. The summed E-state index contributed by atoms with van der Waals surface area (Å²) in [6, 6.07) is 0. The van der Waals surface area contributed by atoms with E-state index >= 15 is 0 Å². The molecule has 0 aromatic rings. The highest BCUT2D eigenvalue weighted by Crippen LogP contribution is 2.27. The molecule has 0 radical (unpaired) electrons. The van der Waals surface area contributed by atoms with Crippen LogP contribution in [-0.4, -0.2) is 23.3 Å². The molecular weight excluding hydrogens is 192 g/mol. The number of hydrogen-bond donors (Lipinski definition) is 1. The summed E-state index contributed by atoms with van der Waals surface area (Å²) in [5.74, 6) is -0.803. The third-order valence-corrected chi connectivity index (χ3v) is 2.92. The van der Waals surface area contributed by atoms with Gasteiger partial charge in [0.15, 0.2) is 6.10 Å². The lowest BCUT2D eigenvalue weighted by molar-refractivity contribution is -0.138. The first-order chi connectivity index (χ1) is 7.25. The van der Waals surface area contributed by atoms with Gasteiger partial charge in [-0.3, -0.25) is 0 Å². The number of carboxylic acids is 1. The second-order valence-electron chi connectivity index (χ2n) is 4.34. The third kappa shape index (κ3) is 5.17. The van der Waals surface area contributed by atoms with Crippen LogP contribution in [0.25, 0.3) is 0 Å². The molecule has 1 rings (SSSR count). The molecule has 1 heterocycles. The van der Waals surface area contributed by atoms with E-state index in [9.17, 15) is 4.79 Å². The van der Waals surface area contributed by atoms with E-state index in [4.69, 9.17) is 9.84 Å². The summed E-state index contributed by atoms with van der Waals surface area (Å²) >= 11 is 0. The number of rotatable bonds is 9. The van der Waals surface area contributed by atoms with Crippen molar-refractivity contribution < 1.29 is 14.6 Å². The van der Waals surface area contributed by atoms with Crippen LogP contribution in [0.4, 0.5) is 0 Å². The lowest BCUT2D eigenvalue weighted by Gasteiger charge is -1.99. The zero-order chi connectivity index (χ0) is 11.1. The molecule has 15 heavy (non-hydrogen) atoms. The first-order valence-electron chi connectivity index (χ1n) is 6.14. The lowest BCUT2D eigenvalue weighted by atomic mass is 10.1. The Bertz CT molecular complexity index is 191. The molecule has 0 aromatic heterocycles. The molecule has 1 saturated heterocycles. The van der Waals surface area contributed by atoms with E-state index in [1.807, 2.05) is 0 Å². The van der Waals surface area contributed by atoms with Crippen LogP contribution in [-0.2, 0) is 9.53 Å². The van der Waals surface area contributed by atoms with Crippen molar-refractivity contribution >= 4 is 5.97 Å². The Morgan fingerprint density at radius 1 is 1.13 bits per heavy atom. The number of aliphatic carboxylic acids is 1. The van der Waals surface area contributed by atoms with E-state index in [0.717, 1.165) is 12.8 Å². The standard InChI is InChI=1S/C12H22O3/c1-2-3-4-5-6-7-8-9-10-11(15-10)12(13)14/h10-11H,2-9H2,1H3,(H,13,14)/t10-,11-/m1/s1. The number of epoxide rings is 1. The van der Waals surface area contributed by atoms with E-state index in [-0.39, 0.29) is 6.10 Å². The van der Waals surface area contributed by atoms with Crippen molar-refractivity contribution in [2.75, 3.05) is 0 Å². The zero-order valence-corrected chi connectivity index (χ0v) is 9.58. The summed E-state index contributed by atoms with van der Waals surface area (Å²) in [5, 5.41) is 8.60. The number of ether oxygens (including phenoxy) is 1. The first-order valence-corrected chi connectivity index (χ1v) is 6.14.